The lowest BCUT2D eigenvalue weighted by atomic mass is 10.3. The number of aromatic nitrogens is 1. The van der Waals surface area contributed by atoms with Gasteiger partial charge in [0.2, 0.25) is 0 Å². The van der Waals surface area contributed by atoms with E-state index in [-0.39, 0.29) is 0 Å². The Morgan fingerprint density at radius 3 is 3.00 bits per heavy atom. The molecule has 0 atom stereocenters. The largest absolute Gasteiger partial charge is 0.365 e. The number of likely N-dealkylation sites (N-methyl/N-ethyl adjacent to an activating group) is 1. The van der Waals surface area contributed by atoms with Crippen LogP contribution < -0.4 is 5.32 Å². The molecule has 15 heavy (non-hydrogen) atoms. The molecule has 1 aliphatic rings. The maximum atomic E-state index is 3.53. The smallest absolute Gasteiger partial charge is 0.0159 e. The van der Waals surface area contributed by atoms with Crippen LogP contribution in [-0.4, -0.2) is 42.6 Å². The van der Waals surface area contributed by atoms with E-state index in [1.807, 2.05) is 6.20 Å². The van der Waals surface area contributed by atoms with Gasteiger partial charge in [-0.1, -0.05) is 0 Å². The van der Waals surface area contributed by atoms with Crippen molar-refractivity contribution in [3.05, 3.63) is 24.0 Å². The van der Waals surface area contributed by atoms with E-state index in [2.05, 4.69) is 34.4 Å². The standard InChI is InChI=1S/C12H21N3/c1-15(10-8-14-12-4-5-12)9-6-11-3-2-7-13-11/h2-3,7,12-14H,4-6,8-10H2,1H3. The highest BCUT2D eigenvalue weighted by Gasteiger charge is 2.19. The van der Waals surface area contributed by atoms with E-state index in [0.717, 1.165) is 32.1 Å². The normalized spacial score (nSPS) is 16.1. The molecule has 0 radical (unpaired) electrons. The molecule has 0 amide bonds. The van der Waals surface area contributed by atoms with E-state index >= 15 is 0 Å². The molecule has 1 aromatic rings. The van der Waals surface area contributed by atoms with Crippen molar-refractivity contribution in [3.8, 4) is 0 Å². The lowest BCUT2D eigenvalue weighted by Gasteiger charge is -2.16. The predicted octanol–water partition coefficient (Wildman–Crippen LogP) is 1.24. The molecule has 0 aromatic carbocycles. The van der Waals surface area contributed by atoms with Crippen LogP contribution in [0.4, 0.5) is 0 Å². The van der Waals surface area contributed by atoms with Gasteiger partial charge in [0.15, 0.2) is 0 Å². The van der Waals surface area contributed by atoms with E-state index in [1.54, 1.807) is 0 Å². The Labute approximate surface area is 91.9 Å². The van der Waals surface area contributed by atoms with Gasteiger partial charge in [-0.25, -0.2) is 0 Å². The Balaban J connectivity index is 1.53. The molecule has 84 valence electrons. The monoisotopic (exact) mass is 207 g/mol. The van der Waals surface area contributed by atoms with E-state index in [4.69, 9.17) is 0 Å². The van der Waals surface area contributed by atoms with Crippen LogP contribution in [-0.2, 0) is 6.42 Å². The first-order valence-electron chi connectivity index (χ1n) is 5.89. The summed E-state index contributed by atoms with van der Waals surface area (Å²) in [7, 11) is 2.19. The Morgan fingerprint density at radius 2 is 2.33 bits per heavy atom. The summed E-state index contributed by atoms with van der Waals surface area (Å²) in [6.07, 6.45) is 5.87. The molecule has 1 aromatic heterocycles. The third-order valence-electron chi connectivity index (χ3n) is 2.93. The minimum Gasteiger partial charge on any atom is -0.365 e. The number of nitrogens with zero attached hydrogens (tertiary/aromatic N) is 1. The van der Waals surface area contributed by atoms with Gasteiger partial charge in [0, 0.05) is 44.0 Å². The summed E-state index contributed by atoms with van der Waals surface area (Å²) in [4.78, 5) is 5.62. The Bertz CT molecular complexity index is 264. The van der Waals surface area contributed by atoms with E-state index < -0.39 is 0 Å². The first kappa shape index (κ1) is 10.7. The maximum Gasteiger partial charge on any atom is 0.0159 e. The van der Waals surface area contributed by atoms with Gasteiger partial charge in [0.05, 0.1) is 0 Å². The molecule has 1 aliphatic carbocycles. The van der Waals surface area contributed by atoms with Crippen LogP contribution in [0.3, 0.4) is 0 Å². The summed E-state index contributed by atoms with van der Waals surface area (Å²) in [5.41, 5.74) is 1.33. The van der Waals surface area contributed by atoms with E-state index in [1.165, 1.54) is 18.5 Å². The van der Waals surface area contributed by atoms with Crippen molar-refractivity contribution in [2.45, 2.75) is 25.3 Å². The molecule has 2 rings (SSSR count). The predicted molar refractivity (Wildman–Crippen MR) is 63.0 cm³/mol. The number of hydrogen-bond donors (Lipinski definition) is 2. The molecule has 0 saturated heterocycles. The molecule has 1 heterocycles. The maximum absolute atomic E-state index is 3.53. The second-order valence-electron chi connectivity index (χ2n) is 4.48. The average molecular weight is 207 g/mol. The van der Waals surface area contributed by atoms with Crippen LogP contribution in [0.15, 0.2) is 18.3 Å². The van der Waals surface area contributed by atoms with Crippen molar-refractivity contribution >= 4 is 0 Å². The summed E-state index contributed by atoms with van der Waals surface area (Å²) in [6.45, 7) is 3.41. The van der Waals surface area contributed by atoms with Crippen LogP contribution in [0.2, 0.25) is 0 Å². The molecule has 0 bridgehead atoms. The molecule has 0 aliphatic heterocycles. The van der Waals surface area contributed by atoms with Crippen molar-refractivity contribution in [3.63, 3.8) is 0 Å². The topological polar surface area (TPSA) is 31.1 Å². The van der Waals surface area contributed by atoms with E-state index in [9.17, 15) is 0 Å². The summed E-state index contributed by atoms with van der Waals surface area (Å²) >= 11 is 0. The highest BCUT2D eigenvalue weighted by molar-refractivity contribution is 5.03. The van der Waals surface area contributed by atoms with Gasteiger partial charge in [-0.15, -0.1) is 0 Å². The Morgan fingerprint density at radius 1 is 1.47 bits per heavy atom. The summed E-state index contributed by atoms with van der Waals surface area (Å²) in [5.74, 6) is 0. The molecule has 2 N–H and O–H groups in total. The van der Waals surface area contributed by atoms with Gasteiger partial charge < -0.3 is 15.2 Å². The van der Waals surface area contributed by atoms with Crippen LogP contribution in [0.25, 0.3) is 0 Å². The molecule has 0 unspecified atom stereocenters. The molecular weight excluding hydrogens is 186 g/mol. The second-order valence-corrected chi connectivity index (χ2v) is 4.48. The second kappa shape index (κ2) is 5.33. The van der Waals surface area contributed by atoms with Gasteiger partial charge in [0.25, 0.3) is 0 Å². The minimum absolute atomic E-state index is 0.835. The summed E-state index contributed by atoms with van der Waals surface area (Å²) in [6, 6.07) is 5.04. The number of H-pyrrole nitrogens is 1. The van der Waals surface area contributed by atoms with Crippen LogP contribution in [0.5, 0.6) is 0 Å². The number of nitrogens with one attached hydrogen (secondary N) is 2. The summed E-state index contributed by atoms with van der Waals surface area (Å²) in [5, 5.41) is 3.53. The quantitative estimate of drug-likeness (QED) is 0.705. The van der Waals surface area contributed by atoms with Crippen LogP contribution >= 0.6 is 0 Å². The molecule has 3 nitrogen and oxygen atoms in total. The molecule has 0 spiro atoms. The van der Waals surface area contributed by atoms with Gasteiger partial charge in [-0.05, 0) is 32.0 Å². The summed E-state index contributed by atoms with van der Waals surface area (Å²) < 4.78 is 0. The lowest BCUT2D eigenvalue weighted by Crippen LogP contribution is -2.31. The average Bonchev–Trinajstić information content (AvgIpc) is 2.91. The fourth-order valence-electron chi connectivity index (χ4n) is 1.69. The number of hydrogen-bond acceptors (Lipinski definition) is 2. The van der Waals surface area contributed by atoms with Crippen molar-refractivity contribution in [2.24, 2.45) is 0 Å². The highest BCUT2D eigenvalue weighted by Crippen LogP contribution is 2.17. The molecule has 3 heteroatoms. The SMILES string of the molecule is CN(CCNC1CC1)CCc1ccc[nH]1. The van der Waals surface area contributed by atoms with Gasteiger partial charge >= 0.3 is 0 Å². The fourth-order valence-corrected chi connectivity index (χ4v) is 1.69. The minimum atomic E-state index is 0.835. The first-order valence-corrected chi connectivity index (χ1v) is 5.89. The Hall–Kier alpha value is -0.800. The first-order chi connectivity index (χ1) is 7.34. The van der Waals surface area contributed by atoms with Gasteiger partial charge in [-0.2, -0.15) is 0 Å². The molecule has 1 saturated carbocycles. The van der Waals surface area contributed by atoms with Crippen molar-refractivity contribution in [1.82, 2.24) is 15.2 Å². The Kier molecular flexibility index (Phi) is 3.80. The number of rotatable bonds is 7. The van der Waals surface area contributed by atoms with Gasteiger partial charge in [-0.3, -0.25) is 0 Å². The van der Waals surface area contributed by atoms with Crippen molar-refractivity contribution in [1.29, 1.82) is 0 Å². The van der Waals surface area contributed by atoms with Crippen molar-refractivity contribution in [2.75, 3.05) is 26.7 Å². The van der Waals surface area contributed by atoms with E-state index in [0.29, 0.717) is 0 Å². The molecular formula is C12H21N3. The third-order valence-corrected chi connectivity index (χ3v) is 2.93. The zero-order valence-electron chi connectivity index (χ0n) is 9.50. The van der Waals surface area contributed by atoms with Crippen LogP contribution in [0.1, 0.15) is 18.5 Å². The number of aromatic amines is 1. The lowest BCUT2D eigenvalue weighted by molar-refractivity contribution is 0.334. The fraction of sp³-hybridized carbons (Fsp3) is 0.667. The highest BCUT2D eigenvalue weighted by atomic mass is 15.1. The van der Waals surface area contributed by atoms with Crippen molar-refractivity contribution < 1.29 is 0 Å². The zero-order valence-corrected chi connectivity index (χ0v) is 9.50. The zero-order chi connectivity index (χ0) is 10.5. The molecule has 1 fully saturated rings. The van der Waals surface area contributed by atoms with Gasteiger partial charge in [0.1, 0.15) is 0 Å². The van der Waals surface area contributed by atoms with Crippen LogP contribution in [0, 0.1) is 0 Å². The third kappa shape index (κ3) is 4.06.